The monoisotopic (exact) mass is 388 g/mol. The number of hydrogen-bond acceptors (Lipinski definition) is 4. The molecule has 0 bridgehead atoms. The SMILES string of the molecule is CCN(CC)S(=O)(=O)c1cccc(C(=O)N2CC(C)Oc3ccccc32)c1. The molecule has 1 atom stereocenters. The molecule has 0 aromatic heterocycles. The third-order valence-electron chi connectivity index (χ3n) is 4.59. The Hall–Kier alpha value is -2.38. The lowest BCUT2D eigenvalue weighted by Gasteiger charge is -2.33. The van der Waals surface area contributed by atoms with Crippen LogP contribution >= 0.6 is 0 Å². The lowest BCUT2D eigenvalue weighted by molar-refractivity contribution is 0.0961. The molecule has 1 aliphatic rings. The summed E-state index contributed by atoms with van der Waals surface area (Å²) in [5, 5.41) is 0. The summed E-state index contributed by atoms with van der Waals surface area (Å²) in [6.07, 6.45) is -0.147. The molecule has 0 fully saturated rings. The fourth-order valence-electron chi connectivity index (χ4n) is 3.24. The summed E-state index contributed by atoms with van der Waals surface area (Å²) in [5.41, 5.74) is 1.03. The molecular formula is C20H24N2O4S. The molecule has 2 aromatic carbocycles. The van der Waals surface area contributed by atoms with Gasteiger partial charge in [-0.2, -0.15) is 4.31 Å². The number of ether oxygens (including phenoxy) is 1. The number of sulfonamides is 1. The van der Waals surface area contributed by atoms with Crippen LogP contribution in [0.3, 0.4) is 0 Å². The van der Waals surface area contributed by atoms with Gasteiger partial charge in [-0.25, -0.2) is 8.42 Å². The van der Waals surface area contributed by atoms with E-state index >= 15 is 0 Å². The van der Waals surface area contributed by atoms with E-state index in [4.69, 9.17) is 4.74 Å². The molecule has 6 nitrogen and oxygen atoms in total. The molecule has 0 saturated carbocycles. The van der Waals surface area contributed by atoms with Gasteiger partial charge in [-0.05, 0) is 37.3 Å². The summed E-state index contributed by atoms with van der Waals surface area (Å²) in [6.45, 7) is 6.65. The van der Waals surface area contributed by atoms with E-state index < -0.39 is 10.0 Å². The number of hydrogen-bond donors (Lipinski definition) is 0. The highest BCUT2D eigenvalue weighted by Gasteiger charge is 2.29. The summed E-state index contributed by atoms with van der Waals surface area (Å²) in [4.78, 5) is 14.9. The van der Waals surface area contributed by atoms with Gasteiger partial charge in [0.2, 0.25) is 10.0 Å². The molecular weight excluding hydrogens is 364 g/mol. The average Bonchev–Trinajstić information content (AvgIpc) is 2.67. The van der Waals surface area contributed by atoms with Crippen LogP contribution in [0.4, 0.5) is 5.69 Å². The molecule has 27 heavy (non-hydrogen) atoms. The minimum Gasteiger partial charge on any atom is -0.487 e. The standard InChI is InChI=1S/C20H24N2O4S/c1-4-21(5-2)27(24,25)17-10-8-9-16(13-17)20(23)22-14-15(3)26-19-12-7-6-11-18(19)22/h6-13,15H,4-5,14H2,1-3H3. The lowest BCUT2D eigenvalue weighted by atomic mass is 10.1. The third kappa shape index (κ3) is 3.70. The van der Waals surface area contributed by atoms with Crippen LogP contribution in [0.25, 0.3) is 0 Å². The summed E-state index contributed by atoms with van der Waals surface area (Å²) in [5.74, 6) is 0.408. The minimum absolute atomic E-state index is 0.131. The number of anilines is 1. The van der Waals surface area contributed by atoms with Crippen LogP contribution in [-0.4, -0.2) is 44.4 Å². The van der Waals surface area contributed by atoms with E-state index in [1.165, 1.54) is 16.4 Å². The second-order valence-corrected chi connectivity index (χ2v) is 8.37. The normalized spacial score (nSPS) is 16.7. The van der Waals surface area contributed by atoms with Gasteiger partial charge in [-0.1, -0.05) is 32.0 Å². The van der Waals surface area contributed by atoms with E-state index in [0.29, 0.717) is 36.6 Å². The van der Waals surface area contributed by atoms with Crippen molar-refractivity contribution in [1.82, 2.24) is 4.31 Å². The Kier molecular flexibility index (Phi) is 5.53. The van der Waals surface area contributed by atoms with Gasteiger partial charge in [0.1, 0.15) is 11.9 Å². The summed E-state index contributed by atoms with van der Waals surface area (Å²) in [7, 11) is -3.62. The largest absolute Gasteiger partial charge is 0.487 e. The van der Waals surface area contributed by atoms with E-state index in [1.807, 2.05) is 31.2 Å². The Labute approximate surface area is 160 Å². The summed E-state index contributed by atoms with van der Waals surface area (Å²) >= 11 is 0. The topological polar surface area (TPSA) is 66.9 Å². The van der Waals surface area contributed by atoms with E-state index in [0.717, 1.165) is 0 Å². The van der Waals surface area contributed by atoms with Crippen molar-refractivity contribution in [2.24, 2.45) is 0 Å². The van der Waals surface area contributed by atoms with Gasteiger partial charge in [0.15, 0.2) is 0 Å². The van der Waals surface area contributed by atoms with Crippen molar-refractivity contribution in [2.45, 2.75) is 31.8 Å². The first-order valence-electron chi connectivity index (χ1n) is 9.06. The van der Waals surface area contributed by atoms with Gasteiger partial charge in [0.05, 0.1) is 17.1 Å². The predicted octanol–water partition coefficient (Wildman–Crippen LogP) is 3.14. The maximum atomic E-state index is 13.2. The minimum atomic E-state index is -3.62. The number of amides is 1. The number of nitrogens with zero attached hydrogens (tertiary/aromatic N) is 2. The predicted molar refractivity (Wildman–Crippen MR) is 105 cm³/mol. The molecule has 0 aliphatic carbocycles. The first-order valence-corrected chi connectivity index (χ1v) is 10.5. The molecule has 0 saturated heterocycles. The first kappa shape index (κ1) is 19.4. The average molecular weight is 388 g/mol. The molecule has 0 spiro atoms. The maximum absolute atomic E-state index is 13.2. The maximum Gasteiger partial charge on any atom is 0.258 e. The smallest absolute Gasteiger partial charge is 0.258 e. The summed E-state index contributed by atoms with van der Waals surface area (Å²) in [6, 6.07) is 13.6. The highest BCUT2D eigenvalue weighted by molar-refractivity contribution is 7.89. The summed E-state index contributed by atoms with van der Waals surface area (Å²) < 4.78 is 32.7. The number of para-hydroxylation sites is 2. The first-order chi connectivity index (χ1) is 12.9. The van der Waals surface area contributed by atoms with Gasteiger partial charge in [0.25, 0.3) is 5.91 Å². The van der Waals surface area contributed by atoms with Crippen LogP contribution in [0.15, 0.2) is 53.4 Å². The number of fused-ring (bicyclic) bond motifs is 1. The lowest BCUT2D eigenvalue weighted by Crippen LogP contribution is -2.42. The molecule has 144 valence electrons. The number of benzene rings is 2. The molecule has 0 N–H and O–H groups in total. The third-order valence-corrected chi connectivity index (χ3v) is 6.64. The van der Waals surface area contributed by atoms with Crippen LogP contribution in [0.5, 0.6) is 5.75 Å². The molecule has 0 radical (unpaired) electrons. The Balaban J connectivity index is 1.98. The molecule has 3 rings (SSSR count). The van der Waals surface area contributed by atoms with E-state index in [-0.39, 0.29) is 16.9 Å². The quantitative estimate of drug-likeness (QED) is 0.789. The number of carbonyl (C=O) groups excluding carboxylic acids is 1. The zero-order valence-corrected chi connectivity index (χ0v) is 16.6. The second kappa shape index (κ2) is 7.70. The van der Waals surface area contributed by atoms with Crippen LogP contribution in [0, 0.1) is 0 Å². The van der Waals surface area contributed by atoms with Crippen LogP contribution in [0.2, 0.25) is 0 Å². The Morgan fingerprint density at radius 1 is 1.15 bits per heavy atom. The van der Waals surface area contributed by atoms with Crippen molar-refractivity contribution < 1.29 is 17.9 Å². The van der Waals surface area contributed by atoms with Gasteiger partial charge < -0.3 is 9.64 Å². The fourth-order valence-corrected chi connectivity index (χ4v) is 4.74. The van der Waals surface area contributed by atoms with E-state index in [9.17, 15) is 13.2 Å². The van der Waals surface area contributed by atoms with Gasteiger partial charge in [-0.15, -0.1) is 0 Å². The molecule has 1 amide bonds. The van der Waals surface area contributed by atoms with E-state index in [2.05, 4.69) is 0 Å². The van der Waals surface area contributed by atoms with Crippen molar-refractivity contribution >= 4 is 21.6 Å². The van der Waals surface area contributed by atoms with Gasteiger partial charge in [-0.3, -0.25) is 4.79 Å². The molecule has 1 heterocycles. The Bertz CT molecular complexity index is 939. The van der Waals surface area contributed by atoms with Gasteiger partial charge >= 0.3 is 0 Å². The molecule has 1 unspecified atom stereocenters. The van der Waals surface area contributed by atoms with Crippen LogP contribution in [0.1, 0.15) is 31.1 Å². The highest BCUT2D eigenvalue weighted by Crippen LogP contribution is 2.34. The fraction of sp³-hybridized carbons (Fsp3) is 0.350. The van der Waals surface area contributed by atoms with Crippen molar-refractivity contribution in [1.29, 1.82) is 0 Å². The van der Waals surface area contributed by atoms with Crippen LogP contribution in [-0.2, 0) is 10.0 Å². The zero-order valence-electron chi connectivity index (χ0n) is 15.8. The molecule has 1 aliphatic heterocycles. The number of carbonyl (C=O) groups is 1. The molecule has 2 aromatic rings. The Morgan fingerprint density at radius 2 is 1.85 bits per heavy atom. The van der Waals surface area contributed by atoms with Crippen molar-refractivity contribution in [3.8, 4) is 5.75 Å². The van der Waals surface area contributed by atoms with Crippen molar-refractivity contribution in [3.63, 3.8) is 0 Å². The second-order valence-electron chi connectivity index (χ2n) is 6.43. The Morgan fingerprint density at radius 3 is 2.56 bits per heavy atom. The van der Waals surface area contributed by atoms with Crippen molar-refractivity contribution in [2.75, 3.05) is 24.5 Å². The van der Waals surface area contributed by atoms with Crippen molar-refractivity contribution in [3.05, 3.63) is 54.1 Å². The van der Waals surface area contributed by atoms with Gasteiger partial charge in [0, 0.05) is 18.7 Å². The van der Waals surface area contributed by atoms with Crippen LogP contribution < -0.4 is 9.64 Å². The highest BCUT2D eigenvalue weighted by atomic mass is 32.2. The number of rotatable bonds is 5. The molecule has 7 heteroatoms. The zero-order chi connectivity index (χ0) is 19.6. The van der Waals surface area contributed by atoms with E-state index in [1.54, 1.807) is 30.9 Å².